The van der Waals surface area contributed by atoms with Crippen LogP contribution >= 0.6 is 0 Å². The molecule has 0 atom stereocenters. The minimum atomic E-state index is -3.68. The molecule has 0 saturated heterocycles. The normalized spacial score (nSPS) is 15.0. The average molecular weight is 456 g/mol. The van der Waals surface area contributed by atoms with Crippen molar-refractivity contribution in [3.05, 3.63) is 53.3 Å². The number of carbonyl (C=O) groups excluding carboxylic acids is 1. The zero-order valence-corrected chi connectivity index (χ0v) is 17.7. The van der Waals surface area contributed by atoms with Gasteiger partial charge in [0, 0.05) is 6.04 Å². The molecule has 168 valence electrons. The summed E-state index contributed by atoms with van der Waals surface area (Å²) in [7, 11) is -3.68. The smallest absolute Gasteiger partial charge is 0.262 e. The van der Waals surface area contributed by atoms with Gasteiger partial charge in [-0.3, -0.25) is 4.79 Å². The Balaban J connectivity index is 1.61. The van der Waals surface area contributed by atoms with Crippen LogP contribution in [-0.4, -0.2) is 27.0 Å². The maximum Gasteiger partial charge on any atom is 0.262 e. The highest BCUT2D eigenvalue weighted by Gasteiger charge is 2.22. The molecule has 1 fully saturated rings. The number of hydrogen-bond donors (Lipinski definition) is 2. The molecule has 0 spiro atoms. The van der Waals surface area contributed by atoms with E-state index in [1.54, 1.807) is 6.92 Å². The van der Waals surface area contributed by atoms with Crippen LogP contribution in [0.25, 0.3) is 0 Å². The Labute approximate surface area is 178 Å². The minimum absolute atomic E-state index is 0.0737. The van der Waals surface area contributed by atoms with Crippen molar-refractivity contribution in [1.82, 2.24) is 4.72 Å². The highest BCUT2D eigenvalue weighted by molar-refractivity contribution is 7.89. The summed E-state index contributed by atoms with van der Waals surface area (Å²) in [5, 5.41) is 2.10. The molecule has 1 aliphatic rings. The molecule has 2 aromatic rings. The first-order valence-corrected chi connectivity index (χ1v) is 11.3. The molecule has 0 aromatic heterocycles. The van der Waals surface area contributed by atoms with E-state index >= 15 is 0 Å². The van der Waals surface area contributed by atoms with Crippen LogP contribution in [0.3, 0.4) is 0 Å². The van der Waals surface area contributed by atoms with Gasteiger partial charge in [0.2, 0.25) is 10.0 Å². The number of rotatable bonds is 7. The van der Waals surface area contributed by atoms with E-state index in [4.69, 9.17) is 4.74 Å². The molecule has 0 bridgehead atoms. The van der Waals surface area contributed by atoms with Gasteiger partial charge < -0.3 is 10.1 Å². The number of ether oxygens (including phenoxy) is 1. The Morgan fingerprint density at radius 1 is 1.06 bits per heavy atom. The largest absolute Gasteiger partial charge is 0.483 e. The van der Waals surface area contributed by atoms with Crippen LogP contribution in [0.4, 0.5) is 18.9 Å². The lowest BCUT2D eigenvalue weighted by Crippen LogP contribution is -2.36. The molecule has 1 amide bonds. The summed E-state index contributed by atoms with van der Waals surface area (Å²) >= 11 is 0. The van der Waals surface area contributed by atoms with Gasteiger partial charge in [0.15, 0.2) is 24.1 Å². The number of amides is 1. The van der Waals surface area contributed by atoms with Crippen molar-refractivity contribution in [3.8, 4) is 5.75 Å². The lowest BCUT2D eigenvalue weighted by atomic mass is 9.96. The second-order valence-electron chi connectivity index (χ2n) is 7.44. The Bertz CT molecular complexity index is 1070. The zero-order valence-electron chi connectivity index (χ0n) is 16.9. The van der Waals surface area contributed by atoms with Crippen molar-refractivity contribution in [1.29, 1.82) is 0 Å². The summed E-state index contributed by atoms with van der Waals surface area (Å²) < 4.78 is 73.1. The van der Waals surface area contributed by atoms with Crippen LogP contribution in [0.2, 0.25) is 0 Å². The fraction of sp³-hybridized carbons (Fsp3) is 0.381. The maximum absolute atomic E-state index is 13.6. The van der Waals surface area contributed by atoms with Gasteiger partial charge in [0.25, 0.3) is 5.91 Å². The topological polar surface area (TPSA) is 84.5 Å². The fourth-order valence-corrected chi connectivity index (χ4v) is 4.80. The molecule has 0 unspecified atom stereocenters. The zero-order chi connectivity index (χ0) is 22.6. The fourth-order valence-electron chi connectivity index (χ4n) is 3.41. The number of aryl methyl sites for hydroxylation is 1. The standard InChI is InChI=1S/C21H23F3N2O4S/c1-13-11-15(31(28,29)26-14-5-3-2-4-6-14)7-10-18(13)30-12-19(27)25-17-9-8-16(22)20(23)21(17)24/h7-11,14,26H,2-6,12H2,1H3,(H,25,27). The molecule has 3 rings (SSSR count). The van der Waals surface area contributed by atoms with Gasteiger partial charge in [-0.2, -0.15) is 0 Å². The molecule has 10 heteroatoms. The first kappa shape index (κ1) is 23.1. The molecular weight excluding hydrogens is 433 g/mol. The monoisotopic (exact) mass is 456 g/mol. The van der Waals surface area contributed by atoms with E-state index in [1.165, 1.54) is 18.2 Å². The van der Waals surface area contributed by atoms with Crippen molar-refractivity contribution < 1.29 is 31.1 Å². The summed E-state index contributed by atoms with van der Waals surface area (Å²) in [5.41, 5.74) is -0.0298. The third-order valence-corrected chi connectivity index (χ3v) is 6.57. The molecule has 6 nitrogen and oxygen atoms in total. The summed E-state index contributed by atoms with van der Waals surface area (Å²) in [6.07, 6.45) is 4.73. The van der Waals surface area contributed by atoms with Gasteiger partial charge in [-0.1, -0.05) is 19.3 Å². The Morgan fingerprint density at radius 3 is 2.45 bits per heavy atom. The summed E-state index contributed by atoms with van der Waals surface area (Å²) in [6.45, 7) is 1.09. The molecule has 1 aliphatic carbocycles. The predicted molar refractivity (Wildman–Crippen MR) is 109 cm³/mol. The van der Waals surface area contributed by atoms with E-state index in [-0.39, 0.29) is 16.7 Å². The molecule has 1 saturated carbocycles. The second kappa shape index (κ2) is 9.69. The number of anilines is 1. The number of hydrogen-bond acceptors (Lipinski definition) is 4. The van der Waals surface area contributed by atoms with Crippen molar-refractivity contribution in [2.45, 2.75) is 50.0 Å². The molecule has 0 heterocycles. The Kier molecular flexibility index (Phi) is 7.22. The number of halogens is 3. The van der Waals surface area contributed by atoms with Crippen molar-refractivity contribution in [2.24, 2.45) is 0 Å². The van der Waals surface area contributed by atoms with Crippen molar-refractivity contribution >= 4 is 21.6 Å². The van der Waals surface area contributed by atoms with E-state index in [1.807, 2.05) is 0 Å². The van der Waals surface area contributed by atoms with Gasteiger partial charge in [0.05, 0.1) is 10.6 Å². The van der Waals surface area contributed by atoms with Crippen LogP contribution in [0.5, 0.6) is 5.75 Å². The van der Waals surface area contributed by atoms with Crippen LogP contribution in [0.1, 0.15) is 37.7 Å². The minimum Gasteiger partial charge on any atom is -0.483 e. The summed E-state index contributed by atoms with van der Waals surface area (Å²) in [4.78, 5) is 12.1. The summed E-state index contributed by atoms with van der Waals surface area (Å²) in [6, 6.07) is 5.76. The van der Waals surface area contributed by atoms with Crippen molar-refractivity contribution in [2.75, 3.05) is 11.9 Å². The molecule has 31 heavy (non-hydrogen) atoms. The third kappa shape index (κ3) is 5.76. The predicted octanol–water partition coefficient (Wildman–Crippen LogP) is 4.04. The van der Waals surface area contributed by atoms with Crippen LogP contribution in [0.15, 0.2) is 35.2 Å². The highest BCUT2D eigenvalue weighted by atomic mass is 32.2. The molecular formula is C21H23F3N2O4S. The van der Waals surface area contributed by atoms with E-state index in [2.05, 4.69) is 10.0 Å². The Hall–Kier alpha value is -2.59. The lowest BCUT2D eigenvalue weighted by molar-refractivity contribution is -0.118. The molecule has 2 N–H and O–H groups in total. The SMILES string of the molecule is Cc1cc(S(=O)(=O)NC2CCCCC2)ccc1OCC(=O)Nc1ccc(F)c(F)c1F. The maximum atomic E-state index is 13.6. The van der Waals surface area contributed by atoms with Gasteiger partial charge in [-0.25, -0.2) is 26.3 Å². The number of benzene rings is 2. The third-order valence-electron chi connectivity index (χ3n) is 5.05. The van der Waals surface area contributed by atoms with Gasteiger partial charge in [0.1, 0.15) is 5.75 Å². The number of sulfonamides is 1. The van der Waals surface area contributed by atoms with E-state index in [9.17, 15) is 26.4 Å². The van der Waals surface area contributed by atoms with E-state index < -0.39 is 45.7 Å². The van der Waals surface area contributed by atoms with E-state index in [0.29, 0.717) is 11.6 Å². The van der Waals surface area contributed by atoms with E-state index in [0.717, 1.165) is 38.2 Å². The summed E-state index contributed by atoms with van der Waals surface area (Å²) in [5.74, 6) is -5.09. The van der Waals surface area contributed by atoms with Crippen molar-refractivity contribution in [3.63, 3.8) is 0 Å². The quantitative estimate of drug-likeness (QED) is 0.616. The van der Waals surface area contributed by atoms with Crippen LogP contribution in [-0.2, 0) is 14.8 Å². The molecule has 0 radical (unpaired) electrons. The average Bonchev–Trinajstić information content (AvgIpc) is 2.73. The second-order valence-corrected chi connectivity index (χ2v) is 9.16. The van der Waals surface area contributed by atoms with Crippen LogP contribution < -0.4 is 14.8 Å². The van der Waals surface area contributed by atoms with Gasteiger partial charge in [-0.15, -0.1) is 0 Å². The first-order valence-electron chi connectivity index (χ1n) is 9.86. The molecule has 0 aliphatic heterocycles. The lowest BCUT2D eigenvalue weighted by Gasteiger charge is -2.22. The van der Waals surface area contributed by atoms with Gasteiger partial charge in [-0.05, 0) is 55.7 Å². The van der Waals surface area contributed by atoms with Crippen LogP contribution in [0, 0.1) is 24.4 Å². The first-order chi connectivity index (χ1) is 14.7. The molecule has 2 aromatic carbocycles. The number of carbonyl (C=O) groups is 1. The highest BCUT2D eigenvalue weighted by Crippen LogP contribution is 2.24. The number of nitrogens with one attached hydrogen (secondary N) is 2. The van der Waals surface area contributed by atoms with Gasteiger partial charge >= 0.3 is 0 Å². The Morgan fingerprint density at radius 2 is 1.77 bits per heavy atom.